The molecule has 0 saturated carbocycles. The second-order valence-electron chi connectivity index (χ2n) is 5.14. The summed E-state index contributed by atoms with van der Waals surface area (Å²) in [5, 5.41) is 18.8. The Morgan fingerprint density at radius 3 is 2.83 bits per heavy atom. The van der Waals surface area contributed by atoms with Crippen molar-refractivity contribution in [3.63, 3.8) is 0 Å². The molecule has 0 spiro atoms. The van der Waals surface area contributed by atoms with E-state index in [-0.39, 0.29) is 18.0 Å². The van der Waals surface area contributed by atoms with E-state index in [2.05, 4.69) is 12.2 Å². The lowest BCUT2D eigenvalue weighted by molar-refractivity contribution is 0.174. The van der Waals surface area contributed by atoms with E-state index in [0.29, 0.717) is 18.3 Å². The number of likely N-dealkylation sites (N-methyl/N-ethyl adjacent to an activating group) is 1. The van der Waals surface area contributed by atoms with E-state index < -0.39 is 0 Å². The molecular weight excluding hydrogens is 314 g/mol. The van der Waals surface area contributed by atoms with Gasteiger partial charge in [0.15, 0.2) is 21.8 Å². The fourth-order valence-electron chi connectivity index (χ4n) is 2.29. The zero-order valence-electron chi connectivity index (χ0n) is 13.4. The molecule has 8 heteroatoms. The Hall–Kier alpha value is -1.93. The molecule has 5 N–H and O–H groups in total. The number of nitrogens with two attached hydrogens (primary N) is 1. The molecule has 1 aliphatic rings. The molecule has 1 atom stereocenters. The molecule has 0 fully saturated rings. The molecule has 7 nitrogen and oxygen atoms in total. The molecule has 23 heavy (non-hydrogen) atoms. The summed E-state index contributed by atoms with van der Waals surface area (Å²) in [7, 11) is 0. The van der Waals surface area contributed by atoms with E-state index in [4.69, 9.17) is 26.0 Å². The van der Waals surface area contributed by atoms with Gasteiger partial charge in [-0.3, -0.25) is 10.8 Å². The summed E-state index contributed by atoms with van der Waals surface area (Å²) in [5.74, 6) is 1.57. The van der Waals surface area contributed by atoms with Crippen molar-refractivity contribution in [2.45, 2.75) is 19.9 Å². The molecule has 1 aliphatic heterocycles. The molecule has 126 valence electrons. The number of fused-ring (bicyclic) bond motifs is 1. The summed E-state index contributed by atoms with van der Waals surface area (Å²) in [6, 6.07) is 6.10. The number of benzene rings is 1. The molecule has 0 aliphatic carbocycles. The summed E-state index contributed by atoms with van der Waals surface area (Å²) in [6.07, 6.45) is 0. The summed E-state index contributed by atoms with van der Waals surface area (Å²) < 4.78 is 10.7. The van der Waals surface area contributed by atoms with Gasteiger partial charge in [0, 0.05) is 25.7 Å². The minimum absolute atomic E-state index is 0.0601. The van der Waals surface area contributed by atoms with Crippen molar-refractivity contribution >= 4 is 22.1 Å². The third-order valence-corrected chi connectivity index (χ3v) is 4.28. The number of thioether (sulfide) groups is 1. The molecular formula is C15H23N5O2S. The van der Waals surface area contributed by atoms with Gasteiger partial charge in [0.05, 0.1) is 0 Å². The van der Waals surface area contributed by atoms with Crippen molar-refractivity contribution < 1.29 is 9.47 Å². The number of rotatable bonds is 6. The predicted molar refractivity (Wildman–Crippen MR) is 93.5 cm³/mol. The van der Waals surface area contributed by atoms with Gasteiger partial charge in [-0.25, -0.2) is 0 Å². The highest BCUT2D eigenvalue weighted by Crippen LogP contribution is 2.34. The Labute approximate surface area is 140 Å². The van der Waals surface area contributed by atoms with Crippen LogP contribution < -0.4 is 20.5 Å². The Bertz CT molecular complexity index is 581. The minimum Gasteiger partial charge on any atom is -0.454 e. The standard InChI is InChI=1S/C15H23N5O2S/c1-3-20(15(18)23-14(16)17)7-6-19-10(2)11-4-5-12-13(8-11)22-9-21-12/h4-5,8,10,18-19H,3,6-7,9H2,1-2H3,(H3,16,17)/t10-/m1/s1. The molecule has 1 heterocycles. The zero-order valence-corrected chi connectivity index (χ0v) is 14.2. The number of nitrogens with zero attached hydrogens (tertiary/aromatic N) is 1. The number of hydrogen-bond donors (Lipinski definition) is 4. The summed E-state index contributed by atoms with van der Waals surface area (Å²) >= 11 is 0.968. The first-order valence-corrected chi connectivity index (χ1v) is 8.31. The van der Waals surface area contributed by atoms with E-state index in [0.717, 1.165) is 35.4 Å². The van der Waals surface area contributed by atoms with Crippen LogP contribution in [0.3, 0.4) is 0 Å². The number of nitrogens with one attached hydrogen (secondary N) is 3. The van der Waals surface area contributed by atoms with Gasteiger partial charge >= 0.3 is 0 Å². The first-order valence-electron chi connectivity index (χ1n) is 7.49. The van der Waals surface area contributed by atoms with Gasteiger partial charge in [-0.2, -0.15) is 0 Å². The van der Waals surface area contributed by atoms with Crippen molar-refractivity contribution in [2.24, 2.45) is 5.73 Å². The Kier molecular flexibility index (Phi) is 6.12. The normalized spacial score (nSPS) is 13.7. The van der Waals surface area contributed by atoms with Crippen molar-refractivity contribution in [3.05, 3.63) is 23.8 Å². The molecule has 1 aromatic carbocycles. The lowest BCUT2D eigenvalue weighted by Gasteiger charge is -2.24. The van der Waals surface area contributed by atoms with Gasteiger partial charge in [0.1, 0.15) is 0 Å². The van der Waals surface area contributed by atoms with Crippen molar-refractivity contribution in [1.82, 2.24) is 10.2 Å². The summed E-state index contributed by atoms with van der Waals surface area (Å²) in [5.41, 5.74) is 6.45. The Morgan fingerprint density at radius 1 is 1.39 bits per heavy atom. The third-order valence-electron chi connectivity index (χ3n) is 3.60. The highest BCUT2D eigenvalue weighted by atomic mass is 32.2. The fraction of sp³-hybridized carbons (Fsp3) is 0.467. The van der Waals surface area contributed by atoms with E-state index in [1.807, 2.05) is 30.0 Å². The van der Waals surface area contributed by atoms with E-state index in [1.165, 1.54) is 0 Å². The smallest absolute Gasteiger partial charge is 0.231 e. The van der Waals surface area contributed by atoms with E-state index >= 15 is 0 Å². The summed E-state index contributed by atoms with van der Waals surface area (Å²) in [6.45, 7) is 6.47. The van der Waals surface area contributed by atoms with Gasteiger partial charge in [-0.05, 0) is 43.3 Å². The molecule has 1 aromatic rings. The molecule has 2 rings (SSSR count). The number of hydrogen-bond acceptors (Lipinski definition) is 6. The first-order chi connectivity index (χ1) is 11.0. The fourth-order valence-corrected chi connectivity index (χ4v) is 2.85. The third kappa shape index (κ3) is 4.77. The van der Waals surface area contributed by atoms with Crippen LogP contribution in [0.4, 0.5) is 0 Å². The first kappa shape index (κ1) is 17.4. The molecule has 0 amide bonds. The molecule has 0 unspecified atom stereocenters. The average Bonchev–Trinajstić information content (AvgIpc) is 2.97. The van der Waals surface area contributed by atoms with E-state index in [1.54, 1.807) is 0 Å². The van der Waals surface area contributed by atoms with Crippen molar-refractivity contribution in [1.29, 1.82) is 10.8 Å². The van der Waals surface area contributed by atoms with Crippen LogP contribution in [-0.2, 0) is 0 Å². The summed E-state index contributed by atoms with van der Waals surface area (Å²) in [4.78, 5) is 1.88. The monoisotopic (exact) mass is 337 g/mol. The minimum atomic E-state index is -0.0601. The largest absolute Gasteiger partial charge is 0.454 e. The second kappa shape index (κ2) is 8.07. The van der Waals surface area contributed by atoms with Gasteiger partial charge in [0.2, 0.25) is 6.79 Å². The van der Waals surface area contributed by atoms with Gasteiger partial charge in [0.25, 0.3) is 0 Å². The predicted octanol–water partition coefficient (Wildman–Crippen LogP) is 1.95. The van der Waals surface area contributed by atoms with Gasteiger partial charge in [-0.1, -0.05) is 6.07 Å². The second-order valence-corrected chi connectivity index (χ2v) is 6.17. The molecule has 0 aromatic heterocycles. The lowest BCUT2D eigenvalue weighted by atomic mass is 10.1. The SMILES string of the molecule is CCN(CCN[C@H](C)c1ccc2c(c1)OCO2)C(=N)SC(=N)N. The van der Waals surface area contributed by atoms with Gasteiger partial charge < -0.3 is 25.4 Å². The van der Waals surface area contributed by atoms with Crippen LogP contribution in [0.15, 0.2) is 18.2 Å². The van der Waals surface area contributed by atoms with Crippen LogP contribution in [0.2, 0.25) is 0 Å². The number of amidine groups is 2. The Balaban J connectivity index is 1.82. The maximum atomic E-state index is 7.92. The quantitative estimate of drug-likeness (QED) is 0.467. The van der Waals surface area contributed by atoms with Crippen molar-refractivity contribution in [2.75, 3.05) is 26.4 Å². The maximum Gasteiger partial charge on any atom is 0.231 e. The maximum absolute atomic E-state index is 7.92. The van der Waals surface area contributed by atoms with Crippen LogP contribution >= 0.6 is 11.8 Å². The highest BCUT2D eigenvalue weighted by molar-refractivity contribution is 8.26. The van der Waals surface area contributed by atoms with E-state index in [9.17, 15) is 0 Å². The van der Waals surface area contributed by atoms with Gasteiger partial charge in [-0.15, -0.1) is 0 Å². The molecule has 0 bridgehead atoms. The van der Waals surface area contributed by atoms with Crippen LogP contribution in [0.5, 0.6) is 11.5 Å². The van der Waals surface area contributed by atoms with Crippen LogP contribution in [0.25, 0.3) is 0 Å². The van der Waals surface area contributed by atoms with Crippen LogP contribution in [0.1, 0.15) is 25.5 Å². The van der Waals surface area contributed by atoms with Crippen LogP contribution in [-0.4, -0.2) is 41.7 Å². The van der Waals surface area contributed by atoms with Crippen molar-refractivity contribution in [3.8, 4) is 11.5 Å². The topological polar surface area (TPSA) is 107 Å². The van der Waals surface area contributed by atoms with Crippen LogP contribution in [0, 0.1) is 10.8 Å². The molecule has 0 saturated heterocycles. The highest BCUT2D eigenvalue weighted by Gasteiger charge is 2.16. The molecule has 0 radical (unpaired) electrons. The average molecular weight is 337 g/mol. The zero-order chi connectivity index (χ0) is 16.8. The Morgan fingerprint density at radius 2 is 2.13 bits per heavy atom. The number of ether oxygens (including phenoxy) is 2. The lowest BCUT2D eigenvalue weighted by Crippen LogP contribution is -2.36.